The lowest BCUT2D eigenvalue weighted by Crippen LogP contribution is -2.40. The minimum Gasteiger partial charge on any atom is -0.355 e. The quantitative estimate of drug-likeness (QED) is 0.300. The van der Waals surface area contributed by atoms with E-state index in [4.69, 9.17) is 0 Å². The molecule has 1 unspecified atom stereocenters. The van der Waals surface area contributed by atoms with Crippen molar-refractivity contribution in [1.82, 2.24) is 25.4 Å². The molecule has 1 heterocycles. The van der Waals surface area contributed by atoms with Gasteiger partial charge in [-0.25, -0.2) is 0 Å². The minimum atomic E-state index is 0. The molecular weight excluding hydrogens is 435 g/mol. The van der Waals surface area contributed by atoms with Crippen molar-refractivity contribution in [2.45, 2.75) is 30.5 Å². The molecule has 132 valence electrons. The predicted molar refractivity (Wildman–Crippen MR) is 111 cm³/mol. The van der Waals surface area contributed by atoms with Crippen molar-refractivity contribution in [3.8, 4) is 0 Å². The largest absolute Gasteiger partial charge is 0.355 e. The highest BCUT2D eigenvalue weighted by Gasteiger charge is 2.08. The fourth-order valence-corrected chi connectivity index (χ4v) is 2.95. The summed E-state index contributed by atoms with van der Waals surface area (Å²) in [6, 6.07) is 10.4. The first-order valence-electron chi connectivity index (χ1n) is 7.61. The number of thioether (sulfide) groups is 1. The maximum atomic E-state index is 4.25. The normalized spacial score (nSPS) is 12.4. The lowest BCUT2D eigenvalue weighted by molar-refractivity contribution is 0.715. The van der Waals surface area contributed by atoms with Crippen molar-refractivity contribution in [3.05, 3.63) is 42.0 Å². The number of nitrogens with zero attached hydrogens (tertiary/aromatic N) is 4. The molecule has 0 saturated carbocycles. The summed E-state index contributed by atoms with van der Waals surface area (Å²) >= 11 is 1.84. The Labute approximate surface area is 164 Å². The highest BCUT2D eigenvalue weighted by molar-refractivity contribution is 14.0. The van der Waals surface area contributed by atoms with Gasteiger partial charge in [-0.1, -0.05) is 25.1 Å². The van der Waals surface area contributed by atoms with Crippen LogP contribution < -0.4 is 10.6 Å². The molecule has 8 heteroatoms. The number of nitrogens with one attached hydrogen (secondary N) is 2. The number of guanidine groups is 1. The Morgan fingerprint density at radius 1 is 1.25 bits per heavy atom. The second kappa shape index (κ2) is 10.5. The van der Waals surface area contributed by atoms with E-state index in [0.717, 1.165) is 24.2 Å². The monoisotopic (exact) mass is 460 g/mol. The zero-order valence-electron chi connectivity index (χ0n) is 14.5. The summed E-state index contributed by atoms with van der Waals surface area (Å²) in [5, 5.41) is 15.2. The first kappa shape index (κ1) is 20.8. The molecule has 0 aliphatic rings. The molecule has 2 rings (SSSR count). The van der Waals surface area contributed by atoms with E-state index in [1.165, 1.54) is 4.90 Å². The summed E-state index contributed by atoms with van der Waals surface area (Å²) in [4.78, 5) is 5.52. The van der Waals surface area contributed by atoms with E-state index < -0.39 is 0 Å². The second-order valence-electron chi connectivity index (χ2n) is 5.27. The summed E-state index contributed by atoms with van der Waals surface area (Å²) in [6.07, 6.45) is 0. The Kier molecular flexibility index (Phi) is 9.12. The van der Waals surface area contributed by atoms with Gasteiger partial charge in [0, 0.05) is 30.8 Å². The number of rotatable bonds is 6. The molecule has 0 fully saturated rings. The highest BCUT2D eigenvalue weighted by atomic mass is 127. The summed E-state index contributed by atoms with van der Waals surface area (Å²) in [7, 11) is 3.73. The summed E-state index contributed by atoms with van der Waals surface area (Å²) in [6.45, 7) is 5.56. The number of aromatic nitrogens is 3. The maximum absolute atomic E-state index is 4.25. The molecule has 1 aromatic carbocycles. The van der Waals surface area contributed by atoms with E-state index in [1.54, 1.807) is 7.05 Å². The fraction of sp³-hybridized carbons (Fsp3) is 0.438. The van der Waals surface area contributed by atoms with Crippen LogP contribution in [0.1, 0.15) is 18.6 Å². The number of benzene rings is 1. The Balaban J connectivity index is 0.00000288. The number of aliphatic imine (C=N–C) groups is 1. The van der Waals surface area contributed by atoms with Gasteiger partial charge in [0.25, 0.3) is 0 Å². The van der Waals surface area contributed by atoms with Gasteiger partial charge in [-0.3, -0.25) is 4.99 Å². The zero-order chi connectivity index (χ0) is 16.7. The Hall–Kier alpha value is -1.29. The van der Waals surface area contributed by atoms with E-state index in [0.29, 0.717) is 11.8 Å². The van der Waals surface area contributed by atoms with Gasteiger partial charge >= 0.3 is 0 Å². The van der Waals surface area contributed by atoms with Gasteiger partial charge in [0.2, 0.25) is 0 Å². The molecule has 0 spiro atoms. The Morgan fingerprint density at radius 2 is 1.96 bits per heavy atom. The molecule has 2 N–H and O–H groups in total. The van der Waals surface area contributed by atoms with Crippen molar-refractivity contribution in [2.24, 2.45) is 12.0 Å². The van der Waals surface area contributed by atoms with Gasteiger partial charge in [-0.2, -0.15) is 0 Å². The molecule has 1 aromatic heterocycles. The van der Waals surface area contributed by atoms with Crippen LogP contribution in [0.2, 0.25) is 0 Å². The third-order valence-electron chi connectivity index (χ3n) is 3.46. The number of hydrogen-bond donors (Lipinski definition) is 2. The van der Waals surface area contributed by atoms with E-state index >= 15 is 0 Å². The third-order valence-corrected chi connectivity index (χ3v) is 4.57. The van der Waals surface area contributed by atoms with Crippen molar-refractivity contribution < 1.29 is 0 Å². The SMILES string of the molecule is CN=C(NCc1nnc(C)n1C)NCC(C)Sc1ccccc1.I. The number of hydrogen-bond acceptors (Lipinski definition) is 4. The van der Waals surface area contributed by atoms with Crippen LogP contribution >= 0.6 is 35.7 Å². The third kappa shape index (κ3) is 6.31. The van der Waals surface area contributed by atoms with Gasteiger partial charge in [0.1, 0.15) is 5.82 Å². The second-order valence-corrected chi connectivity index (χ2v) is 6.78. The molecule has 0 aliphatic heterocycles. The van der Waals surface area contributed by atoms with Crippen LogP contribution in [-0.2, 0) is 13.6 Å². The molecule has 2 aromatic rings. The lowest BCUT2D eigenvalue weighted by Gasteiger charge is -2.15. The van der Waals surface area contributed by atoms with Crippen LogP contribution in [0.5, 0.6) is 0 Å². The standard InChI is InChI=1S/C16H24N6S.HI/c1-12(23-14-8-6-5-7-9-14)10-18-16(17-3)19-11-15-21-20-13(2)22(15)4;/h5-9,12H,10-11H2,1-4H3,(H2,17,18,19);1H. The Morgan fingerprint density at radius 3 is 2.54 bits per heavy atom. The van der Waals surface area contributed by atoms with E-state index in [9.17, 15) is 0 Å². The smallest absolute Gasteiger partial charge is 0.191 e. The van der Waals surface area contributed by atoms with E-state index in [2.05, 4.69) is 57.0 Å². The maximum Gasteiger partial charge on any atom is 0.191 e. The van der Waals surface area contributed by atoms with E-state index in [1.807, 2.05) is 36.4 Å². The first-order valence-corrected chi connectivity index (χ1v) is 8.49. The number of aryl methyl sites for hydroxylation is 1. The molecular formula is C16H25IN6S. The van der Waals surface area contributed by atoms with Crippen molar-refractivity contribution in [3.63, 3.8) is 0 Å². The molecule has 0 amide bonds. The molecule has 1 atom stereocenters. The highest BCUT2D eigenvalue weighted by Crippen LogP contribution is 2.21. The Bertz CT molecular complexity index is 643. The summed E-state index contributed by atoms with van der Waals surface area (Å²) in [5.74, 6) is 2.56. The van der Waals surface area contributed by atoms with Crippen LogP contribution in [0.4, 0.5) is 0 Å². The topological polar surface area (TPSA) is 67.1 Å². The lowest BCUT2D eigenvalue weighted by atomic mass is 10.4. The van der Waals surface area contributed by atoms with Crippen LogP contribution in [0.3, 0.4) is 0 Å². The summed E-state index contributed by atoms with van der Waals surface area (Å²) in [5.41, 5.74) is 0. The minimum absolute atomic E-state index is 0. The predicted octanol–water partition coefficient (Wildman–Crippen LogP) is 2.59. The molecule has 0 bridgehead atoms. The molecule has 24 heavy (non-hydrogen) atoms. The van der Waals surface area contributed by atoms with Gasteiger partial charge in [-0.05, 0) is 19.1 Å². The van der Waals surface area contributed by atoms with Gasteiger partial charge in [0.15, 0.2) is 11.8 Å². The average Bonchev–Trinajstić information content (AvgIpc) is 2.88. The van der Waals surface area contributed by atoms with Gasteiger partial charge < -0.3 is 15.2 Å². The van der Waals surface area contributed by atoms with Crippen LogP contribution in [-0.4, -0.2) is 39.6 Å². The van der Waals surface area contributed by atoms with Crippen molar-refractivity contribution in [1.29, 1.82) is 0 Å². The van der Waals surface area contributed by atoms with E-state index in [-0.39, 0.29) is 24.0 Å². The average molecular weight is 460 g/mol. The molecule has 0 aliphatic carbocycles. The van der Waals surface area contributed by atoms with Crippen LogP contribution in [0, 0.1) is 6.92 Å². The molecule has 0 saturated heterocycles. The fourth-order valence-electron chi connectivity index (χ4n) is 2.00. The van der Waals surface area contributed by atoms with Crippen molar-refractivity contribution in [2.75, 3.05) is 13.6 Å². The van der Waals surface area contributed by atoms with Gasteiger partial charge in [-0.15, -0.1) is 45.9 Å². The molecule has 6 nitrogen and oxygen atoms in total. The number of halogens is 1. The summed E-state index contributed by atoms with van der Waals surface area (Å²) < 4.78 is 1.97. The zero-order valence-corrected chi connectivity index (χ0v) is 17.6. The van der Waals surface area contributed by atoms with Crippen LogP contribution in [0.15, 0.2) is 40.2 Å². The van der Waals surface area contributed by atoms with Crippen molar-refractivity contribution >= 4 is 41.7 Å². The van der Waals surface area contributed by atoms with Crippen LogP contribution in [0.25, 0.3) is 0 Å². The molecule has 0 radical (unpaired) electrons. The van der Waals surface area contributed by atoms with Gasteiger partial charge in [0.05, 0.1) is 6.54 Å². The first-order chi connectivity index (χ1) is 11.1.